The summed E-state index contributed by atoms with van der Waals surface area (Å²) < 4.78 is 2.87. The average molecular weight is 584 g/mol. The largest absolute Gasteiger partial charge is 0.508 e. The first-order valence-corrected chi connectivity index (χ1v) is 16.0. The number of aromatic hydroxyl groups is 1. The Morgan fingerprint density at radius 2 is 1.88 bits per heavy atom. The molecule has 9 heteroatoms. The minimum atomic E-state index is -0.729. The van der Waals surface area contributed by atoms with Crippen LogP contribution in [0.4, 0.5) is 11.5 Å². The van der Waals surface area contributed by atoms with Gasteiger partial charge in [-0.1, -0.05) is 6.07 Å². The third-order valence-corrected chi connectivity index (χ3v) is 11.3. The number of nitrogens with two attached hydrogens (primary N) is 1. The lowest BCUT2D eigenvalue weighted by Gasteiger charge is -2.34. The monoisotopic (exact) mass is 583 g/mol. The molecule has 0 bridgehead atoms. The zero-order valence-electron chi connectivity index (χ0n) is 24.2. The van der Waals surface area contributed by atoms with Crippen LogP contribution >= 0.6 is 19.9 Å². The lowest BCUT2D eigenvalue weighted by molar-refractivity contribution is -0.120. The van der Waals surface area contributed by atoms with Gasteiger partial charge >= 0.3 is 0 Å². The quantitative estimate of drug-likeness (QED) is 0.225. The molecule has 2 atom stereocenters. The number of rotatable bonds is 5. The molecule has 0 fully saturated rings. The number of hydrogen-bond donors (Lipinski definition) is 2. The summed E-state index contributed by atoms with van der Waals surface area (Å²) in [7, 11) is 2.24. The zero-order valence-corrected chi connectivity index (χ0v) is 26.0. The van der Waals surface area contributed by atoms with Gasteiger partial charge in [0.15, 0.2) is 0 Å². The molecule has 0 spiro atoms. The number of thiophene rings is 1. The van der Waals surface area contributed by atoms with Crippen molar-refractivity contribution in [2.75, 3.05) is 23.8 Å². The van der Waals surface area contributed by atoms with Crippen LogP contribution in [0.3, 0.4) is 0 Å². The number of phenolic OH excluding ortho intramolecular Hbond substituents is 1. The van der Waals surface area contributed by atoms with Gasteiger partial charge in [0, 0.05) is 58.5 Å². The van der Waals surface area contributed by atoms with Crippen LogP contribution in [-0.2, 0) is 23.4 Å². The van der Waals surface area contributed by atoms with Crippen molar-refractivity contribution in [3.05, 3.63) is 76.1 Å². The van der Waals surface area contributed by atoms with Crippen molar-refractivity contribution >= 4 is 47.4 Å². The number of carbonyl (C=O) groups is 1. The molecule has 41 heavy (non-hydrogen) atoms. The Labute approximate surface area is 245 Å². The van der Waals surface area contributed by atoms with Gasteiger partial charge in [0.2, 0.25) is 5.91 Å². The highest BCUT2D eigenvalue weighted by molar-refractivity contribution is 7.40. The van der Waals surface area contributed by atoms with Gasteiger partial charge in [0.1, 0.15) is 11.6 Å². The number of fused-ring (bicyclic) bond motifs is 2. The first kappa shape index (κ1) is 27.4. The van der Waals surface area contributed by atoms with Crippen molar-refractivity contribution in [1.29, 1.82) is 0 Å². The summed E-state index contributed by atoms with van der Waals surface area (Å²) >= 11 is 1.66. The fourth-order valence-corrected chi connectivity index (χ4v) is 8.00. The van der Waals surface area contributed by atoms with E-state index >= 15 is 0 Å². The van der Waals surface area contributed by atoms with Crippen molar-refractivity contribution < 1.29 is 9.90 Å². The number of pyridine rings is 1. The number of nitrogens with zero attached hydrogens (tertiary/aromatic N) is 4. The van der Waals surface area contributed by atoms with Gasteiger partial charge in [-0.2, -0.15) is 5.10 Å². The summed E-state index contributed by atoms with van der Waals surface area (Å²) in [6.45, 7) is 10.7. The summed E-state index contributed by atoms with van der Waals surface area (Å²) in [5.74, 6) is 0.828. The number of anilines is 2. The summed E-state index contributed by atoms with van der Waals surface area (Å²) in [6.07, 6.45) is 6.44. The van der Waals surface area contributed by atoms with Gasteiger partial charge in [-0.15, -0.1) is 19.9 Å². The standard InChI is InChI=1S/C32H34N5O2PS/c1-17-18(2)25(12-27(38)19(17)3)32(4,40-6)31(39)37-10-9-21-11-20(7-8-26(21)37)24-16-41-29-23(14-34-30(33)28(24)29)22-13-35-36(5)15-22/h7-8,11-16,38,40H,9-10H2,1-6H3,(H2,33,34). The molecule has 7 nitrogen and oxygen atoms in total. The Hall–Kier alpha value is -3.74. The third kappa shape index (κ3) is 4.23. The number of carbonyl (C=O) groups excluding carboxylic acids is 1. The van der Waals surface area contributed by atoms with E-state index in [1.54, 1.807) is 22.1 Å². The summed E-state index contributed by atoms with van der Waals surface area (Å²) in [4.78, 5) is 20.7. The lowest BCUT2D eigenvalue weighted by atomic mass is 9.89. The van der Waals surface area contributed by atoms with Crippen molar-refractivity contribution in [2.45, 2.75) is 39.3 Å². The zero-order chi connectivity index (χ0) is 29.2. The molecule has 0 radical (unpaired) electrons. The van der Waals surface area contributed by atoms with Crippen molar-refractivity contribution in [3.63, 3.8) is 0 Å². The second-order valence-corrected chi connectivity index (χ2v) is 13.4. The van der Waals surface area contributed by atoms with E-state index in [0.717, 1.165) is 72.3 Å². The topological polar surface area (TPSA) is 97.3 Å². The molecule has 3 aromatic heterocycles. The molecule has 1 amide bonds. The molecular formula is C32H34N5O2PS. The molecular weight excluding hydrogens is 549 g/mol. The Bertz CT molecular complexity index is 1860. The maximum absolute atomic E-state index is 14.2. The van der Waals surface area contributed by atoms with Crippen LogP contribution in [0.15, 0.2) is 48.2 Å². The van der Waals surface area contributed by atoms with Gasteiger partial charge in [0.05, 0.1) is 11.4 Å². The highest BCUT2D eigenvalue weighted by Crippen LogP contribution is 2.48. The van der Waals surface area contributed by atoms with Crippen LogP contribution in [0, 0.1) is 20.8 Å². The number of amides is 1. The predicted molar refractivity (Wildman–Crippen MR) is 172 cm³/mol. The maximum Gasteiger partial charge on any atom is 0.241 e. The second-order valence-electron chi connectivity index (χ2n) is 11.1. The number of phenols is 1. The molecule has 0 saturated carbocycles. The summed E-state index contributed by atoms with van der Waals surface area (Å²) in [5, 5.41) is 17.3. The minimum absolute atomic E-state index is 0.0751. The van der Waals surface area contributed by atoms with E-state index in [4.69, 9.17) is 5.73 Å². The Morgan fingerprint density at radius 1 is 1.10 bits per heavy atom. The Balaban J connectivity index is 1.38. The maximum atomic E-state index is 14.2. The van der Waals surface area contributed by atoms with E-state index in [-0.39, 0.29) is 11.7 Å². The molecule has 1 aliphatic rings. The van der Waals surface area contributed by atoms with E-state index in [1.165, 1.54) is 0 Å². The van der Waals surface area contributed by atoms with Gasteiger partial charge in [-0.05, 0) is 97.7 Å². The molecule has 210 valence electrons. The molecule has 3 N–H and O–H groups in total. The minimum Gasteiger partial charge on any atom is -0.508 e. The van der Waals surface area contributed by atoms with E-state index in [1.807, 2.05) is 51.3 Å². The predicted octanol–water partition coefficient (Wildman–Crippen LogP) is 6.69. The first-order chi connectivity index (χ1) is 19.5. The van der Waals surface area contributed by atoms with Gasteiger partial charge in [-0.25, -0.2) is 4.98 Å². The SMILES string of the molecule is CPC(C)(C(=O)N1CCc2cc(-c3csc4c(-c5cnn(C)c5)cnc(N)c34)ccc21)c1cc(O)c(C)c(C)c1C. The highest BCUT2D eigenvalue weighted by Gasteiger charge is 2.41. The van der Waals surface area contributed by atoms with Crippen LogP contribution in [-0.4, -0.2) is 39.0 Å². The Morgan fingerprint density at radius 3 is 2.59 bits per heavy atom. The van der Waals surface area contributed by atoms with E-state index in [2.05, 4.69) is 47.3 Å². The van der Waals surface area contributed by atoms with Crippen LogP contribution in [0.25, 0.3) is 32.3 Å². The summed E-state index contributed by atoms with van der Waals surface area (Å²) in [5.41, 5.74) is 16.6. The molecule has 0 aliphatic carbocycles. The van der Waals surface area contributed by atoms with Crippen LogP contribution in [0.5, 0.6) is 5.75 Å². The average Bonchev–Trinajstić information content (AvgIpc) is 3.71. The van der Waals surface area contributed by atoms with Crippen molar-refractivity contribution in [2.24, 2.45) is 7.05 Å². The molecule has 0 saturated heterocycles. The van der Waals surface area contributed by atoms with Crippen LogP contribution in [0.1, 0.15) is 34.7 Å². The normalized spacial score (nSPS) is 14.7. The number of aromatic nitrogens is 3. The first-order valence-electron chi connectivity index (χ1n) is 13.6. The molecule has 6 rings (SSSR count). The smallest absolute Gasteiger partial charge is 0.241 e. The molecule has 2 unspecified atom stereocenters. The molecule has 4 heterocycles. The van der Waals surface area contributed by atoms with Crippen LogP contribution < -0.4 is 10.6 Å². The number of nitrogen functional groups attached to an aromatic ring is 1. The van der Waals surface area contributed by atoms with Gasteiger partial charge in [0.25, 0.3) is 0 Å². The van der Waals surface area contributed by atoms with E-state index < -0.39 is 5.16 Å². The fraction of sp³-hybridized carbons (Fsp3) is 0.281. The lowest BCUT2D eigenvalue weighted by Crippen LogP contribution is -2.42. The summed E-state index contributed by atoms with van der Waals surface area (Å²) in [6, 6.07) is 8.14. The van der Waals surface area contributed by atoms with E-state index in [0.29, 0.717) is 20.9 Å². The number of benzene rings is 2. The van der Waals surface area contributed by atoms with Crippen molar-refractivity contribution in [1.82, 2.24) is 14.8 Å². The third-order valence-electron chi connectivity index (χ3n) is 8.83. The fourth-order valence-electron chi connectivity index (χ4n) is 6.00. The molecule has 2 aromatic carbocycles. The van der Waals surface area contributed by atoms with E-state index in [9.17, 15) is 9.90 Å². The molecule has 1 aliphatic heterocycles. The number of aryl methyl sites for hydroxylation is 1. The van der Waals surface area contributed by atoms with Gasteiger partial charge in [-0.3, -0.25) is 9.48 Å². The Kier molecular flexibility index (Phi) is 6.67. The van der Waals surface area contributed by atoms with Crippen LogP contribution in [0.2, 0.25) is 0 Å². The van der Waals surface area contributed by atoms with Crippen molar-refractivity contribution in [3.8, 4) is 28.0 Å². The highest BCUT2D eigenvalue weighted by atomic mass is 32.1. The van der Waals surface area contributed by atoms with Gasteiger partial charge < -0.3 is 15.7 Å². The second kappa shape index (κ2) is 9.97. The molecule has 5 aromatic rings. The number of hydrogen-bond acceptors (Lipinski definition) is 6.